The van der Waals surface area contributed by atoms with E-state index in [0.29, 0.717) is 18.0 Å². The molecule has 2 N–H and O–H groups in total. The number of aromatic hydroxyl groups is 1. The quantitative estimate of drug-likeness (QED) is 0.195. The van der Waals surface area contributed by atoms with Crippen LogP contribution in [0.4, 0.5) is 11.4 Å². The van der Waals surface area contributed by atoms with E-state index in [1.165, 1.54) is 12.1 Å². The van der Waals surface area contributed by atoms with Crippen LogP contribution in [0.3, 0.4) is 0 Å². The number of nitro benzene ring substituents is 1. The molecule has 1 amide bonds. The molecule has 0 aromatic heterocycles. The van der Waals surface area contributed by atoms with Crippen LogP contribution in [-0.4, -0.2) is 22.5 Å². The highest BCUT2D eigenvalue weighted by atomic mass is 127. The second-order valence-corrected chi connectivity index (χ2v) is 6.37. The third-order valence-corrected chi connectivity index (χ3v) is 4.18. The number of carbonyl (C=O) groups is 1. The minimum Gasteiger partial charge on any atom is -0.501 e. The van der Waals surface area contributed by atoms with Crippen molar-refractivity contribution in [3.63, 3.8) is 0 Å². The van der Waals surface area contributed by atoms with Gasteiger partial charge >= 0.3 is 5.69 Å². The van der Waals surface area contributed by atoms with Gasteiger partial charge < -0.3 is 15.2 Å². The van der Waals surface area contributed by atoms with Gasteiger partial charge in [-0.25, -0.2) is 0 Å². The Morgan fingerprint density at radius 2 is 2.04 bits per heavy atom. The summed E-state index contributed by atoms with van der Waals surface area (Å²) in [5.74, 6) is -0.472. The Bertz CT molecular complexity index is 955. The molecule has 0 aliphatic carbocycles. The fraction of sp³-hybridized carbons (Fsp3) is 0.111. The van der Waals surface area contributed by atoms with E-state index in [9.17, 15) is 25.3 Å². The van der Waals surface area contributed by atoms with Gasteiger partial charge in [0.1, 0.15) is 17.4 Å². The molecule has 0 saturated heterocycles. The molecule has 0 radical (unpaired) electrons. The summed E-state index contributed by atoms with van der Waals surface area (Å²) in [7, 11) is 0. The molecule has 2 aromatic rings. The normalized spacial score (nSPS) is 10.4. The number of hydrogen-bond donors (Lipinski definition) is 2. The van der Waals surface area contributed by atoms with Crippen LogP contribution in [0.25, 0.3) is 6.08 Å². The molecule has 2 aromatic carbocycles. The van der Waals surface area contributed by atoms with Crippen molar-refractivity contribution in [3.8, 4) is 17.6 Å². The molecule has 0 saturated carbocycles. The first-order valence-electron chi connectivity index (χ1n) is 7.68. The minimum absolute atomic E-state index is 0. The number of benzene rings is 2. The zero-order chi connectivity index (χ0) is 20.0. The summed E-state index contributed by atoms with van der Waals surface area (Å²) in [5.41, 5.74) is -0.0183. The number of nitro groups is 1. The maximum Gasteiger partial charge on any atom is 0.312 e. The van der Waals surface area contributed by atoms with Crippen LogP contribution in [0.1, 0.15) is 12.5 Å². The molecule has 0 bridgehead atoms. The van der Waals surface area contributed by atoms with Crippen molar-refractivity contribution in [3.05, 3.63) is 61.2 Å². The predicted molar refractivity (Wildman–Crippen MR) is 115 cm³/mol. The Labute approximate surface area is 180 Å². The van der Waals surface area contributed by atoms with Gasteiger partial charge in [0.15, 0.2) is 0 Å². The summed E-state index contributed by atoms with van der Waals surface area (Å²) in [6.07, 6.45) is 1.22. The topological polar surface area (TPSA) is 125 Å². The maximum absolute atomic E-state index is 12.3. The number of carbonyl (C=O) groups excluding carboxylic acids is 1. The summed E-state index contributed by atoms with van der Waals surface area (Å²) in [5, 5.41) is 32.6. The Morgan fingerprint density at radius 3 is 2.57 bits per heavy atom. The summed E-state index contributed by atoms with van der Waals surface area (Å²) in [4.78, 5) is 22.6. The average molecular weight is 516 g/mol. The Kier molecular flexibility index (Phi) is 8.69. The average Bonchev–Trinajstić information content (AvgIpc) is 2.63. The van der Waals surface area contributed by atoms with Gasteiger partial charge in [-0.1, -0.05) is 0 Å². The first-order valence-corrected chi connectivity index (χ1v) is 8.76. The number of halogens is 2. The van der Waals surface area contributed by atoms with E-state index >= 15 is 0 Å². The molecule has 0 fully saturated rings. The fourth-order valence-electron chi connectivity index (χ4n) is 2.14. The third kappa shape index (κ3) is 5.83. The van der Waals surface area contributed by atoms with Crippen molar-refractivity contribution in [1.29, 1.82) is 5.26 Å². The van der Waals surface area contributed by atoms with Crippen LogP contribution in [0.15, 0.2) is 42.0 Å². The lowest BCUT2D eigenvalue weighted by Crippen LogP contribution is -2.13. The molecule has 2 rings (SSSR count). The largest absolute Gasteiger partial charge is 0.501 e. The SMILES string of the molecule is CCOc1ccc(NC(=O)/C(C#N)=C\c2cc(I)c(O)c([N+](=O)[O-])c2)cc1.Cl. The molecule has 0 heterocycles. The number of nitrogens with zero attached hydrogens (tertiary/aromatic N) is 2. The molecule has 8 nitrogen and oxygen atoms in total. The molecule has 0 spiro atoms. The Hall–Kier alpha value is -2.84. The van der Waals surface area contributed by atoms with Gasteiger partial charge in [-0.2, -0.15) is 5.26 Å². The number of phenolic OH excluding ortho intramolecular Hbond substituents is 1. The molecule has 146 valence electrons. The van der Waals surface area contributed by atoms with Gasteiger partial charge in [0.05, 0.1) is 15.1 Å². The van der Waals surface area contributed by atoms with E-state index in [1.807, 2.05) is 6.92 Å². The zero-order valence-corrected chi connectivity index (χ0v) is 17.5. The maximum atomic E-state index is 12.3. The standard InChI is InChI=1S/C18H14IN3O5.ClH/c1-2-27-14-5-3-13(4-6-14)21-18(24)12(10-20)7-11-8-15(19)17(23)16(9-11)22(25)26;/h3-9,23H,2H2,1H3,(H,21,24);1H/b12-7-;. The van der Waals surface area contributed by atoms with Gasteiger partial charge in [-0.05, 0) is 71.5 Å². The summed E-state index contributed by atoms with van der Waals surface area (Å²) in [6.45, 7) is 2.37. The Balaban J connectivity index is 0.00000392. The van der Waals surface area contributed by atoms with Crippen LogP contribution in [0.5, 0.6) is 11.5 Å². The van der Waals surface area contributed by atoms with Crippen molar-refractivity contribution in [2.24, 2.45) is 0 Å². The van der Waals surface area contributed by atoms with Crippen LogP contribution < -0.4 is 10.1 Å². The number of hydrogen-bond acceptors (Lipinski definition) is 6. The summed E-state index contributed by atoms with van der Waals surface area (Å²) in [6, 6.07) is 10.9. The first kappa shape index (κ1) is 23.2. The van der Waals surface area contributed by atoms with Gasteiger partial charge in [0.2, 0.25) is 5.75 Å². The van der Waals surface area contributed by atoms with Gasteiger partial charge in [-0.3, -0.25) is 14.9 Å². The van der Waals surface area contributed by atoms with Crippen molar-refractivity contribution in [2.45, 2.75) is 6.92 Å². The summed E-state index contributed by atoms with van der Waals surface area (Å²) < 4.78 is 5.55. The van der Waals surface area contributed by atoms with E-state index in [4.69, 9.17) is 4.74 Å². The fourth-order valence-corrected chi connectivity index (χ4v) is 2.78. The van der Waals surface area contributed by atoms with E-state index in [2.05, 4.69) is 5.32 Å². The van der Waals surface area contributed by atoms with Crippen molar-refractivity contribution < 1.29 is 19.6 Å². The second kappa shape index (κ2) is 10.5. The molecule has 10 heteroatoms. The lowest BCUT2D eigenvalue weighted by atomic mass is 10.1. The number of ether oxygens (including phenoxy) is 1. The van der Waals surface area contributed by atoms with E-state index in [0.717, 1.165) is 6.07 Å². The first-order chi connectivity index (χ1) is 12.8. The van der Waals surface area contributed by atoms with Crippen molar-refractivity contribution in [1.82, 2.24) is 0 Å². The lowest BCUT2D eigenvalue weighted by molar-refractivity contribution is -0.386. The molecule has 0 aliphatic heterocycles. The van der Waals surface area contributed by atoms with Gasteiger partial charge in [0, 0.05) is 11.8 Å². The highest BCUT2D eigenvalue weighted by Crippen LogP contribution is 2.33. The molecule has 0 atom stereocenters. The van der Waals surface area contributed by atoms with E-state index in [-0.39, 0.29) is 27.1 Å². The highest BCUT2D eigenvalue weighted by Gasteiger charge is 2.18. The van der Waals surface area contributed by atoms with Crippen LogP contribution in [0.2, 0.25) is 0 Å². The lowest BCUT2D eigenvalue weighted by Gasteiger charge is -2.07. The van der Waals surface area contributed by atoms with Gasteiger partial charge in [-0.15, -0.1) is 12.4 Å². The second-order valence-electron chi connectivity index (χ2n) is 5.21. The number of phenols is 1. The smallest absolute Gasteiger partial charge is 0.312 e. The highest BCUT2D eigenvalue weighted by molar-refractivity contribution is 14.1. The van der Waals surface area contributed by atoms with E-state index in [1.54, 1.807) is 52.9 Å². The number of nitriles is 1. The monoisotopic (exact) mass is 515 g/mol. The molecular weight excluding hydrogens is 501 g/mol. The molecular formula is C18H15ClIN3O5. The van der Waals surface area contributed by atoms with Gasteiger partial charge in [0.25, 0.3) is 5.91 Å². The number of rotatable bonds is 6. The molecule has 0 aliphatic rings. The van der Waals surface area contributed by atoms with Crippen LogP contribution in [0, 0.1) is 25.0 Å². The number of amides is 1. The van der Waals surface area contributed by atoms with Crippen molar-refractivity contribution >= 4 is 58.4 Å². The third-order valence-electron chi connectivity index (χ3n) is 3.36. The Morgan fingerprint density at radius 1 is 1.39 bits per heavy atom. The van der Waals surface area contributed by atoms with Crippen molar-refractivity contribution in [2.75, 3.05) is 11.9 Å². The zero-order valence-electron chi connectivity index (χ0n) is 14.5. The van der Waals surface area contributed by atoms with Crippen LogP contribution in [-0.2, 0) is 4.79 Å². The number of anilines is 1. The van der Waals surface area contributed by atoms with E-state index < -0.39 is 22.3 Å². The molecule has 0 unspecified atom stereocenters. The number of nitrogens with one attached hydrogen (secondary N) is 1. The summed E-state index contributed by atoms with van der Waals surface area (Å²) >= 11 is 1.73. The predicted octanol–water partition coefficient (Wildman–Crippen LogP) is 4.27. The van der Waals surface area contributed by atoms with Crippen LogP contribution >= 0.6 is 35.0 Å². The molecule has 28 heavy (non-hydrogen) atoms. The minimum atomic E-state index is -0.735.